The lowest BCUT2D eigenvalue weighted by Gasteiger charge is -2.11. The van der Waals surface area contributed by atoms with Crippen LogP contribution in [0.4, 0.5) is 13.2 Å². The highest BCUT2D eigenvalue weighted by Gasteiger charge is 2.31. The maximum atomic E-state index is 12.8. The van der Waals surface area contributed by atoms with Crippen LogP contribution in [0.15, 0.2) is 18.3 Å². The summed E-state index contributed by atoms with van der Waals surface area (Å²) in [4.78, 5) is 3.29. The number of pyridine rings is 1. The Labute approximate surface area is 81.1 Å². The van der Waals surface area contributed by atoms with Crippen molar-refractivity contribution in [3.05, 3.63) is 29.8 Å². The monoisotopic (exact) mass is 287 g/mol. The van der Waals surface area contributed by atoms with E-state index in [1.54, 1.807) is 22.6 Å². The fourth-order valence-corrected chi connectivity index (χ4v) is 1.05. The predicted molar refractivity (Wildman–Crippen MR) is 47.0 cm³/mol. The molecular formula is C7H5F3IN. The van der Waals surface area contributed by atoms with Crippen LogP contribution in [0.5, 0.6) is 0 Å². The summed E-state index contributed by atoms with van der Waals surface area (Å²) in [5.41, 5.74) is -0.390. The largest absolute Gasteiger partial charge is 0.298 e. The van der Waals surface area contributed by atoms with Gasteiger partial charge in [0.2, 0.25) is 0 Å². The Kier molecular flexibility index (Phi) is 2.92. The van der Waals surface area contributed by atoms with Crippen LogP contribution in [0.3, 0.4) is 0 Å². The highest BCUT2D eigenvalue weighted by molar-refractivity contribution is 14.1. The van der Waals surface area contributed by atoms with Crippen molar-refractivity contribution < 1.29 is 13.2 Å². The third-order valence-corrected chi connectivity index (χ3v) is 2.23. The van der Waals surface area contributed by atoms with Gasteiger partial charge in [0, 0.05) is 0 Å². The summed E-state index contributed by atoms with van der Waals surface area (Å²) in [6, 6.07) is 1.97. The van der Waals surface area contributed by atoms with Gasteiger partial charge in [0.05, 0.1) is 10.6 Å². The molecule has 0 bridgehead atoms. The predicted octanol–water partition coefficient (Wildman–Crippen LogP) is 2.75. The van der Waals surface area contributed by atoms with Gasteiger partial charge in [-0.3, -0.25) is 4.98 Å². The van der Waals surface area contributed by atoms with E-state index < -0.39 is 17.4 Å². The lowest BCUT2D eigenvalue weighted by atomic mass is 10.2. The first-order valence-corrected chi connectivity index (χ1v) is 4.64. The zero-order valence-corrected chi connectivity index (χ0v) is 8.06. The molecule has 5 heteroatoms. The first-order valence-electron chi connectivity index (χ1n) is 3.12. The number of hydrogen-bond acceptors (Lipinski definition) is 1. The van der Waals surface area contributed by atoms with Gasteiger partial charge in [0.1, 0.15) is 11.5 Å². The molecule has 0 radical (unpaired) electrons. The van der Waals surface area contributed by atoms with E-state index in [9.17, 15) is 13.2 Å². The number of rotatable bonds is 2. The third-order valence-electron chi connectivity index (χ3n) is 1.27. The second kappa shape index (κ2) is 3.59. The first-order chi connectivity index (χ1) is 5.56. The normalized spacial score (nSPS) is 11.7. The number of halogens is 4. The summed E-state index contributed by atoms with van der Waals surface area (Å²) in [5, 5.41) is 0. The summed E-state index contributed by atoms with van der Waals surface area (Å²) >= 11 is 1.56. The van der Waals surface area contributed by atoms with Gasteiger partial charge in [0.15, 0.2) is 0 Å². The average Bonchev–Trinajstić information content (AvgIpc) is 2.05. The Hall–Kier alpha value is -0.330. The molecule has 0 aliphatic carbocycles. The molecule has 0 aromatic carbocycles. The molecule has 0 N–H and O–H groups in total. The van der Waals surface area contributed by atoms with E-state index >= 15 is 0 Å². The Morgan fingerprint density at radius 1 is 1.42 bits per heavy atom. The van der Waals surface area contributed by atoms with E-state index in [1.165, 1.54) is 0 Å². The minimum absolute atomic E-state index is 0.358. The highest BCUT2D eigenvalue weighted by atomic mass is 127. The lowest BCUT2D eigenvalue weighted by Crippen LogP contribution is -2.16. The molecule has 0 aliphatic heterocycles. The van der Waals surface area contributed by atoms with Crippen LogP contribution in [0.1, 0.15) is 5.69 Å². The van der Waals surface area contributed by atoms with Gasteiger partial charge < -0.3 is 0 Å². The van der Waals surface area contributed by atoms with Gasteiger partial charge in [-0.05, 0) is 12.1 Å². The molecule has 1 nitrogen and oxygen atoms in total. The second-order valence-corrected chi connectivity index (χ2v) is 2.96. The summed E-state index contributed by atoms with van der Waals surface area (Å²) in [6.45, 7) is 0. The van der Waals surface area contributed by atoms with Crippen LogP contribution >= 0.6 is 22.6 Å². The molecule has 1 heterocycles. The van der Waals surface area contributed by atoms with Crippen molar-refractivity contribution in [2.75, 3.05) is 4.43 Å². The van der Waals surface area contributed by atoms with Gasteiger partial charge >= 0.3 is 0 Å². The van der Waals surface area contributed by atoms with Crippen LogP contribution in [-0.2, 0) is 5.92 Å². The van der Waals surface area contributed by atoms with Crippen LogP contribution in [0, 0.1) is 5.82 Å². The number of aromatic nitrogens is 1. The standard InChI is InChI=1S/C7H5F3IN/c8-5-1-2-6(12-3-5)7(9,10)4-11/h1-3H,4H2. The molecule has 12 heavy (non-hydrogen) atoms. The van der Waals surface area contributed by atoms with E-state index in [1.807, 2.05) is 0 Å². The summed E-state index contributed by atoms with van der Waals surface area (Å²) in [7, 11) is 0. The Morgan fingerprint density at radius 3 is 2.50 bits per heavy atom. The number of hydrogen-bond donors (Lipinski definition) is 0. The quantitative estimate of drug-likeness (QED) is 0.602. The molecule has 0 spiro atoms. The topological polar surface area (TPSA) is 12.9 Å². The average molecular weight is 287 g/mol. The molecule has 0 amide bonds. The van der Waals surface area contributed by atoms with Gasteiger partial charge in [-0.15, -0.1) is 0 Å². The molecule has 1 rings (SSSR count). The number of alkyl halides is 3. The molecule has 0 unspecified atom stereocenters. The zero-order chi connectivity index (χ0) is 9.19. The highest BCUT2D eigenvalue weighted by Crippen LogP contribution is 2.27. The first kappa shape index (κ1) is 9.76. The van der Waals surface area contributed by atoms with Crippen molar-refractivity contribution in [3.8, 4) is 0 Å². The second-order valence-electron chi connectivity index (χ2n) is 2.20. The minimum atomic E-state index is -2.96. The van der Waals surface area contributed by atoms with Gasteiger partial charge in [0.25, 0.3) is 5.92 Å². The van der Waals surface area contributed by atoms with E-state index in [-0.39, 0.29) is 4.43 Å². The molecule has 0 saturated heterocycles. The van der Waals surface area contributed by atoms with Crippen molar-refractivity contribution in [1.29, 1.82) is 0 Å². The van der Waals surface area contributed by atoms with Crippen LogP contribution in [0.2, 0.25) is 0 Å². The minimum Gasteiger partial charge on any atom is -0.252 e. The van der Waals surface area contributed by atoms with Gasteiger partial charge in [-0.25, -0.2) is 4.39 Å². The molecular weight excluding hydrogens is 282 g/mol. The summed E-state index contributed by atoms with van der Waals surface area (Å²) in [6.07, 6.45) is 0.787. The maximum absolute atomic E-state index is 12.8. The van der Waals surface area contributed by atoms with Crippen LogP contribution in [0.25, 0.3) is 0 Å². The van der Waals surface area contributed by atoms with Crippen LogP contribution in [-0.4, -0.2) is 9.41 Å². The summed E-state index contributed by atoms with van der Waals surface area (Å²) in [5.74, 6) is -3.57. The van der Waals surface area contributed by atoms with Crippen LogP contribution < -0.4 is 0 Å². The van der Waals surface area contributed by atoms with Gasteiger partial charge in [-0.2, -0.15) is 8.78 Å². The van der Waals surface area contributed by atoms with Crippen molar-refractivity contribution in [2.45, 2.75) is 5.92 Å². The Bertz CT molecular complexity index is 260. The van der Waals surface area contributed by atoms with Gasteiger partial charge in [-0.1, -0.05) is 22.6 Å². The summed E-state index contributed by atoms with van der Waals surface area (Å²) < 4.78 is 37.6. The van der Waals surface area contributed by atoms with Crippen molar-refractivity contribution >= 4 is 22.6 Å². The Balaban J connectivity index is 2.96. The molecule has 0 atom stereocenters. The third kappa shape index (κ3) is 2.09. The van der Waals surface area contributed by atoms with E-state index in [0.717, 1.165) is 18.3 Å². The molecule has 66 valence electrons. The fraction of sp³-hybridized carbons (Fsp3) is 0.286. The molecule has 0 fully saturated rings. The van der Waals surface area contributed by atoms with E-state index in [4.69, 9.17) is 0 Å². The van der Waals surface area contributed by atoms with Crippen molar-refractivity contribution in [3.63, 3.8) is 0 Å². The zero-order valence-electron chi connectivity index (χ0n) is 5.90. The molecule has 0 aliphatic rings. The fourth-order valence-electron chi connectivity index (χ4n) is 0.661. The van der Waals surface area contributed by atoms with Crippen molar-refractivity contribution in [1.82, 2.24) is 4.98 Å². The van der Waals surface area contributed by atoms with E-state index in [2.05, 4.69) is 4.98 Å². The molecule has 1 aromatic heterocycles. The smallest absolute Gasteiger partial charge is 0.252 e. The van der Waals surface area contributed by atoms with Crippen molar-refractivity contribution in [2.24, 2.45) is 0 Å². The lowest BCUT2D eigenvalue weighted by molar-refractivity contribution is 0.0217. The number of nitrogens with zero attached hydrogens (tertiary/aromatic N) is 1. The SMILES string of the molecule is Fc1ccc(C(F)(F)CI)nc1. The maximum Gasteiger partial charge on any atom is 0.298 e. The van der Waals surface area contributed by atoms with E-state index in [0.29, 0.717) is 0 Å². The Morgan fingerprint density at radius 2 is 2.08 bits per heavy atom. The molecule has 1 aromatic rings. The molecule has 0 saturated carbocycles.